The van der Waals surface area contributed by atoms with Gasteiger partial charge in [-0.3, -0.25) is 9.59 Å². The molecule has 2 atom stereocenters. The van der Waals surface area contributed by atoms with Crippen molar-refractivity contribution >= 4 is 23.6 Å². The molecule has 5 heteroatoms. The summed E-state index contributed by atoms with van der Waals surface area (Å²) in [5.41, 5.74) is -0.985. The smallest absolute Gasteiger partial charge is 0.309 e. The lowest BCUT2D eigenvalue weighted by Crippen LogP contribution is -2.38. The molecule has 1 rings (SSSR count). The molecule has 2 unspecified atom stereocenters. The summed E-state index contributed by atoms with van der Waals surface area (Å²) in [7, 11) is 0. The number of thioether (sulfide) groups is 1. The Morgan fingerprint density at radius 1 is 1.41 bits per heavy atom. The molecule has 98 valence electrons. The fraction of sp³-hybridized carbons (Fsp3) is 0.833. The lowest BCUT2D eigenvalue weighted by atomic mass is 9.89. The maximum absolute atomic E-state index is 11.7. The van der Waals surface area contributed by atoms with E-state index < -0.39 is 11.4 Å². The van der Waals surface area contributed by atoms with Crippen LogP contribution in [0.25, 0.3) is 0 Å². The molecule has 0 aromatic heterocycles. The molecule has 1 amide bonds. The zero-order chi connectivity index (χ0) is 13.1. The van der Waals surface area contributed by atoms with Crippen LogP contribution in [-0.4, -0.2) is 34.5 Å². The second-order valence-corrected chi connectivity index (χ2v) is 6.44. The fourth-order valence-electron chi connectivity index (χ4n) is 2.04. The van der Waals surface area contributed by atoms with Gasteiger partial charge in [-0.15, -0.1) is 0 Å². The SMILES string of the molecule is CSC1CCC(NC(=O)CC(C)(C)C(=O)O)C1. The van der Waals surface area contributed by atoms with E-state index in [0.717, 1.165) is 19.3 Å². The molecule has 1 aliphatic carbocycles. The van der Waals surface area contributed by atoms with Crippen molar-refractivity contribution in [1.29, 1.82) is 0 Å². The highest BCUT2D eigenvalue weighted by atomic mass is 32.2. The summed E-state index contributed by atoms with van der Waals surface area (Å²) >= 11 is 1.84. The van der Waals surface area contributed by atoms with Gasteiger partial charge in [0, 0.05) is 17.7 Å². The molecule has 0 aromatic carbocycles. The second-order valence-electron chi connectivity index (χ2n) is 5.30. The fourth-order valence-corrected chi connectivity index (χ4v) is 2.84. The summed E-state index contributed by atoms with van der Waals surface area (Å²) in [6, 6.07) is 0.226. The number of rotatable bonds is 5. The molecule has 1 fully saturated rings. The number of carbonyl (C=O) groups is 2. The number of carboxylic acids is 1. The third-order valence-electron chi connectivity index (χ3n) is 3.26. The van der Waals surface area contributed by atoms with E-state index in [2.05, 4.69) is 11.6 Å². The van der Waals surface area contributed by atoms with Crippen molar-refractivity contribution in [3.05, 3.63) is 0 Å². The topological polar surface area (TPSA) is 66.4 Å². The van der Waals surface area contributed by atoms with Gasteiger partial charge in [-0.2, -0.15) is 11.8 Å². The normalized spacial score (nSPS) is 24.6. The van der Waals surface area contributed by atoms with Crippen LogP contribution in [0.4, 0.5) is 0 Å². The van der Waals surface area contributed by atoms with Crippen LogP contribution in [-0.2, 0) is 9.59 Å². The van der Waals surface area contributed by atoms with Gasteiger partial charge < -0.3 is 10.4 Å². The molecule has 1 saturated carbocycles. The number of amides is 1. The van der Waals surface area contributed by atoms with Gasteiger partial charge >= 0.3 is 5.97 Å². The molecule has 1 aliphatic rings. The molecule has 0 aromatic rings. The molecule has 4 nitrogen and oxygen atoms in total. The minimum absolute atomic E-state index is 0.0444. The van der Waals surface area contributed by atoms with Gasteiger partial charge in [0.15, 0.2) is 0 Å². The predicted octanol–water partition coefficient (Wildman–Crippen LogP) is 1.89. The van der Waals surface area contributed by atoms with E-state index in [9.17, 15) is 9.59 Å². The lowest BCUT2D eigenvalue weighted by molar-refractivity contribution is -0.149. The maximum Gasteiger partial charge on any atom is 0.309 e. The van der Waals surface area contributed by atoms with Crippen LogP contribution in [0.5, 0.6) is 0 Å². The number of carboxylic acid groups (broad SMARTS) is 1. The van der Waals surface area contributed by atoms with E-state index in [1.165, 1.54) is 0 Å². The number of nitrogens with one attached hydrogen (secondary N) is 1. The van der Waals surface area contributed by atoms with E-state index in [1.807, 2.05) is 11.8 Å². The summed E-state index contributed by atoms with van der Waals surface area (Å²) < 4.78 is 0. The Bertz CT molecular complexity index is 304. The van der Waals surface area contributed by atoms with Crippen LogP contribution in [0.15, 0.2) is 0 Å². The highest BCUT2D eigenvalue weighted by molar-refractivity contribution is 7.99. The molecule has 0 spiro atoms. The maximum atomic E-state index is 11.7. The first-order chi connectivity index (χ1) is 7.85. The predicted molar refractivity (Wildman–Crippen MR) is 69.1 cm³/mol. The quantitative estimate of drug-likeness (QED) is 0.791. The second kappa shape index (κ2) is 5.76. The van der Waals surface area contributed by atoms with E-state index in [-0.39, 0.29) is 18.4 Å². The number of carbonyl (C=O) groups excluding carboxylic acids is 1. The molecule has 0 radical (unpaired) electrons. The van der Waals surface area contributed by atoms with Crippen LogP contribution < -0.4 is 5.32 Å². The van der Waals surface area contributed by atoms with Crippen molar-refractivity contribution in [2.24, 2.45) is 5.41 Å². The summed E-state index contributed by atoms with van der Waals surface area (Å²) in [5.74, 6) is -1.08. The summed E-state index contributed by atoms with van der Waals surface area (Å²) in [6.45, 7) is 3.16. The standard InChI is InChI=1S/C12H21NO3S/c1-12(2,11(15)16)7-10(14)13-8-4-5-9(6-8)17-3/h8-9H,4-7H2,1-3H3,(H,13,14)(H,15,16). The van der Waals surface area contributed by atoms with Gasteiger partial charge in [0.25, 0.3) is 0 Å². The average molecular weight is 259 g/mol. The van der Waals surface area contributed by atoms with Crippen molar-refractivity contribution in [2.75, 3.05) is 6.26 Å². The van der Waals surface area contributed by atoms with Gasteiger partial charge in [0.1, 0.15) is 0 Å². The van der Waals surface area contributed by atoms with Crippen LogP contribution in [0.1, 0.15) is 39.5 Å². The Kier molecular flexibility index (Phi) is 4.86. The summed E-state index contributed by atoms with van der Waals surface area (Å²) in [5, 5.41) is 12.5. The van der Waals surface area contributed by atoms with E-state index >= 15 is 0 Å². The van der Waals surface area contributed by atoms with Crippen LogP contribution >= 0.6 is 11.8 Å². The summed E-state index contributed by atoms with van der Waals surface area (Å²) in [4.78, 5) is 22.6. The van der Waals surface area contributed by atoms with Crippen molar-refractivity contribution in [3.8, 4) is 0 Å². The molecular formula is C12H21NO3S. The first-order valence-corrected chi connectivity index (χ1v) is 7.19. The van der Waals surface area contributed by atoms with Crippen molar-refractivity contribution in [3.63, 3.8) is 0 Å². The first-order valence-electron chi connectivity index (χ1n) is 5.90. The Labute approximate surface area is 107 Å². The average Bonchev–Trinajstić information content (AvgIpc) is 2.64. The zero-order valence-corrected chi connectivity index (χ0v) is 11.5. The van der Waals surface area contributed by atoms with Crippen molar-refractivity contribution < 1.29 is 14.7 Å². The van der Waals surface area contributed by atoms with Gasteiger partial charge in [0.2, 0.25) is 5.91 Å². The van der Waals surface area contributed by atoms with Gasteiger partial charge in [0.05, 0.1) is 5.41 Å². The van der Waals surface area contributed by atoms with Gasteiger partial charge in [-0.05, 0) is 39.4 Å². The van der Waals surface area contributed by atoms with Crippen molar-refractivity contribution in [1.82, 2.24) is 5.32 Å². The minimum Gasteiger partial charge on any atom is -0.481 e. The van der Waals surface area contributed by atoms with E-state index in [1.54, 1.807) is 13.8 Å². The number of aliphatic carboxylic acids is 1. The third-order valence-corrected chi connectivity index (χ3v) is 4.36. The van der Waals surface area contributed by atoms with Crippen LogP contribution in [0.3, 0.4) is 0 Å². The minimum atomic E-state index is -0.985. The molecule has 2 N–H and O–H groups in total. The van der Waals surface area contributed by atoms with Gasteiger partial charge in [-0.25, -0.2) is 0 Å². The molecule has 0 bridgehead atoms. The van der Waals surface area contributed by atoms with Crippen LogP contribution in [0.2, 0.25) is 0 Å². The lowest BCUT2D eigenvalue weighted by Gasteiger charge is -2.20. The molecule has 0 aliphatic heterocycles. The molecule has 0 heterocycles. The Balaban J connectivity index is 2.38. The molecule has 17 heavy (non-hydrogen) atoms. The number of hydrogen-bond acceptors (Lipinski definition) is 3. The van der Waals surface area contributed by atoms with E-state index in [0.29, 0.717) is 5.25 Å². The Hall–Kier alpha value is -0.710. The number of hydrogen-bond donors (Lipinski definition) is 2. The summed E-state index contributed by atoms with van der Waals surface area (Å²) in [6.07, 6.45) is 5.27. The zero-order valence-electron chi connectivity index (χ0n) is 10.7. The third kappa shape index (κ3) is 4.22. The largest absolute Gasteiger partial charge is 0.481 e. The highest BCUT2D eigenvalue weighted by Crippen LogP contribution is 2.28. The Morgan fingerprint density at radius 2 is 2.06 bits per heavy atom. The Morgan fingerprint density at radius 3 is 2.53 bits per heavy atom. The molecule has 0 saturated heterocycles. The van der Waals surface area contributed by atoms with E-state index in [4.69, 9.17) is 5.11 Å². The van der Waals surface area contributed by atoms with Crippen molar-refractivity contribution in [2.45, 2.75) is 50.8 Å². The molecular weight excluding hydrogens is 238 g/mol. The van der Waals surface area contributed by atoms with Gasteiger partial charge in [-0.1, -0.05) is 0 Å². The van der Waals surface area contributed by atoms with Crippen LogP contribution in [0, 0.1) is 5.41 Å². The highest BCUT2D eigenvalue weighted by Gasteiger charge is 2.32. The first kappa shape index (κ1) is 14.4. The monoisotopic (exact) mass is 259 g/mol.